The van der Waals surface area contributed by atoms with E-state index in [4.69, 9.17) is 0 Å². The van der Waals surface area contributed by atoms with Crippen LogP contribution >= 0.6 is 0 Å². The van der Waals surface area contributed by atoms with Crippen molar-refractivity contribution in [1.29, 1.82) is 0 Å². The van der Waals surface area contributed by atoms with Crippen LogP contribution in [0.15, 0.2) is 194 Å². The average molecular weight is 609 g/mol. The summed E-state index contributed by atoms with van der Waals surface area (Å²) in [6, 6.07) is 70.7. The summed E-state index contributed by atoms with van der Waals surface area (Å²) in [5, 5.41) is 7.60. The van der Waals surface area contributed by atoms with Crippen LogP contribution in [0.2, 0.25) is 0 Å². The van der Waals surface area contributed by atoms with Gasteiger partial charge in [0, 0.05) is 0 Å². The predicted molar refractivity (Wildman–Crippen MR) is 206 cm³/mol. The van der Waals surface area contributed by atoms with E-state index in [1.807, 2.05) is 0 Å². The summed E-state index contributed by atoms with van der Waals surface area (Å²) in [7, 11) is 0. The molecule has 9 aromatic rings. The Morgan fingerprint density at radius 2 is 0.625 bits per heavy atom. The highest BCUT2D eigenvalue weighted by atomic mass is 14.2. The Morgan fingerprint density at radius 3 is 1.31 bits per heavy atom. The van der Waals surface area contributed by atoms with E-state index in [0.717, 1.165) is 0 Å². The summed E-state index contributed by atoms with van der Waals surface area (Å²) in [4.78, 5) is 0. The second-order valence-electron chi connectivity index (χ2n) is 12.5. The van der Waals surface area contributed by atoms with Crippen LogP contribution in [0.5, 0.6) is 0 Å². The summed E-state index contributed by atoms with van der Waals surface area (Å²) >= 11 is 0. The van der Waals surface area contributed by atoms with Gasteiger partial charge in [0.15, 0.2) is 0 Å². The van der Waals surface area contributed by atoms with Gasteiger partial charge in [-0.3, -0.25) is 0 Å². The third kappa shape index (κ3) is 4.87. The molecule has 9 rings (SSSR count). The molecule has 0 aliphatic heterocycles. The van der Waals surface area contributed by atoms with Crippen LogP contribution < -0.4 is 0 Å². The van der Waals surface area contributed by atoms with E-state index in [1.165, 1.54) is 88.0 Å². The van der Waals surface area contributed by atoms with Crippen molar-refractivity contribution in [3.8, 4) is 55.6 Å². The van der Waals surface area contributed by atoms with Crippen LogP contribution in [0.25, 0.3) is 88.0 Å². The van der Waals surface area contributed by atoms with Gasteiger partial charge in [-0.1, -0.05) is 188 Å². The van der Waals surface area contributed by atoms with Crippen molar-refractivity contribution in [2.24, 2.45) is 0 Å². The van der Waals surface area contributed by atoms with Gasteiger partial charge in [-0.15, -0.1) is 0 Å². The van der Waals surface area contributed by atoms with Crippen LogP contribution in [-0.2, 0) is 0 Å². The maximum Gasteiger partial charge on any atom is -0.00262 e. The van der Waals surface area contributed by atoms with Crippen molar-refractivity contribution in [1.82, 2.24) is 0 Å². The third-order valence-electron chi connectivity index (χ3n) is 9.69. The third-order valence-corrected chi connectivity index (χ3v) is 9.69. The SMILES string of the molecule is c1ccc(-c2ccc(-c3c4ccccc4c(-c4ccccc4)c4cc(-c5ccc(-c6cccc7ccccc67)cc5)ccc34)cc2)cc1. The first kappa shape index (κ1) is 28.0. The smallest absolute Gasteiger partial charge is 0.00262 e. The van der Waals surface area contributed by atoms with Gasteiger partial charge in [-0.25, -0.2) is 0 Å². The van der Waals surface area contributed by atoms with E-state index in [0.29, 0.717) is 0 Å². The zero-order valence-electron chi connectivity index (χ0n) is 26.5. The molecule has 48 heavy (non-hydrogen) atoms. The molecule has 0 N–H and O–H groups in total. The molecule has 0 aromatic heterocycles. The molecule has 0 atom stereocenters. The summed E-state index contributed by atoms with van der Waals surface area (Å²) in [5.74, 6) is 0. The minimum atomic E-state index is 1.21. The van der Waals surface area contributed by atoms with E-state index in [1.54, 1.807) is 0 Å². The first-order chi connectivity index (χ1) is 23.8. The number of rotatable bonds is 5. The first-order valence-corrected chi connectivity index (χ1v) is 16.6. The van der Waals surface area contributed by atoms with Crippen molar-refractivity contribution in [2.75, 3.05) is 0 Å². The molecule has 0 saturated carbocycles. The molecular formula is C48H32. The molecule has 0 amide bonds. The Morgan fingerprint density at radius 1 is 0.208 bits per heavy atom. The summed E-state index contributed by atoms with van der Waals surface area (Å²) in [6.07, 6.45) is 0. The second kappa shape index (κ2) is 11.8. The van der Waals surface area contributed by atoms with Gasteiger partial charge in [-0.2, -0.15) is 0 Å². The highest BCUT2D eigenvalue weighted by Crippen LogP contribution is 2.45. The molecular weight excluding hydrogens is 577 g/mol. The first-order valence-electron chi connectivity index (χ1n) is 16.6. The summed E-state index contributed by atoms with van der Waals surface area (Å²) < 4.78 is 0. The predicted octanol–water partition coefficient (Wildman–Crippen LogP) is 13.5. The van der Waals surface area contributed by atoms with Gasteiger partial charge in [0.05, 0.1) is 0 Å². The van der Waals surface area contributed by atoms with Gasteiger partial charge in [-0.05, 0) is 94.0 Å². The molecule has 0 aliphatic rings. The lowest BCUT2D eigenvalue weighted by atomic mass is 9.84. The minimum absolute atomic E-state index is 1.21. The zero-order chi connectivity index (χ0) is 31.9. The van der Waals surface area contributed by atoms with E-state index < -0.39 is 0 Å². The van der Waals surface area contributed by atoms with Crippen molar-refractivity contribution < 1.29 is 0 Å². The lowest BCUT2D eigenvalue weighted by Crippen LogP contribution is -1.92. The van der Waals surface area contributed by atoms with Crippen LogP contribution in [0.1, 0.15) is 0 Å². The Labute approximate surface area is 281 Å². The molecule has 0 fully saturated rings. The van der Waals surface area contributed by atoms with E-state index in [9.17, 15) is 0 Å². The van der Waals surface area contributed by atoms with Gasteiger partial charge in [0.1, 0.15) is 0 Å². The molecule has 0 radical (unpaired) electrons. The maximum absolute atomic E-state index is 2.40. The standard InChI is InChI=1S/C48H32/c1-3-12-33(13-4-1)34-24-28-39(29-25-34)47-43-19-9-10-20-44(43)48(38-15-5-2-6-16-38)46-32-40(30-31-45(46)47)35-22-26-37(27-23-35)42-21-11-17-36-14-7-8-18-41(36)42/h1-32H. The number of hydrogen-bond acceptors (Lipinski definition) is 0. The van der Waals surface area contributed by atoms with E-state index >= 15 is 0 Å². The number of benzene rings is 9. The van der Waals surface area contributed by atoms with Crippen molar-refractivity contribution in [3.63, 3.8) is 0 Å². The highest BCUT2D eigenvalue weighted by Gasteiger charge is 2.17. The van der Waals surface area contributed by atoms with Gasteiger partial charge in [0.25, 0.3) is 0 Å². The number of fused-ring (bicyclic) bond motifs is 3. The van der Waals surface area contributed by atoms with Gasteiger partial charge < -0.3 is 0 Å². The lowest BCUT2D eigenvalue weighted by Gasteiger charge is -2.19. The fraction of sp³-hybridized carbons (Fsp3) is 0. The Hall–Kier alpha value is -6.24. The molecule has 0 unspecified atom stereocenters. The molecule has 0 nitrogen and oxygen atoms in total. The van der Waals surface area contributed by atoms with Crippen LogP contribution in [0, 0.1) is 0 Å². The number of hydrogen-bond donors (Lipinski definition) is 0. The van der Waals surface area contributed by atoms with Crippen molar-refractivity contribution >= 4 is 32.3 Å². The van der Waals surface area contributed by atoms with Gasteiger partial charge in [0.2, 0.25) is 0 Å². The Balaban J connectivity index is 1.23. The molecule has 9 aromatic carbocycles. The lowest BCUT2D eigenvalue weighted by molar-refractivity contribution is 1.60. The fourth-order valence-corrected chi connectivity index (χ4v) is 7.36. The van der Waals surface area contributed by atoms with Gasteiger partial charge >= 0.3 is 0 Å². The second-order valence-corrected chi connectivity index (χ2v) is 12.5. The minimum Gasteiger partial charge on any atom is -0.0622 e. The molecule has 0 bridgehead atoms. The Kier molecular flexibility index (Phi) is 6.91. The van der Waals surface area contributed by atoms with Crippen molar-refractivity contribution in [2.45, 2.75) is 0 Å². The quantitative estimate of drug-likeness (QED) is 0.171. The largest absolute Gasteiger partial charge is 0.0622 e. The highest BCUT2D eigenvalue weighted by molar-refractivity contribution is 6.22. The van der Waals surface area contributed by atoms with Crippen molar-refractivity contribution in [3.05, 3.63) is 194 Å². The molecule has 0 aliphatic carbocycles. The maximum atomic E-state index is 2.40. The zero-order valence-corrected chi connectivity index (χ0v) is 26.5. The summed E-state index contributed by atoms with van der Waals surface area (Å²) in [5.41, 5.74) is 12.4. The van der Waals surface area contributed by atoms with Crippen LogP contribution in [0.4, 0.5) is 0 Å². The molecule has 0 heterocycles. The van der Waals surface area contributed by atoms with Crippen LogP contribution in [-0.4, -0.2) is 0 Å². The Bertz CT molecular complexity index is 2550. The molecule has 0 spiro atoms. The van der Waals surface area contributed by atoms with Crippen LogP contribution in [0.3, 0.4) is 0 Å². The molecule has 0 saturated heterocycles. The van der Waals surface area contributed by atoms with E-state index in [-0.39, 0.29) is 0 Å². The average Bonchev–Trinajstić information content (AvgIpc) is 3.17. The monoisotopic (exact) mass is 608 g/mol. The molecule has 224 valence electrons. The molecule has 0 heteroatoms. The summed E-state index contributed by atoms with van der Waals surface area (Å²) in [6.45, 7) is 0. The fourth-order valence-electron chi connectivity index (χ4n) is 7.36. The topological polar surface area (TPSA) is 0 Å². The normalized spacial score (nSPS) is 11.3. The van der Waals surface area contributed by atoms with E-state index in [2.05, 4.69) is 194 Å².